The first-order chi connectivity index (χ1) is 8.94. The van der Waals surface area contributed by atoms with Crippen LogP contribution in [0.15, 0.2) is 18.3 Å². The van der Waals surface area contributed by atoms with E-state index in [1.54, 1.807) is 0 Å². The summed E-state index contributed by atoms with van der Waals surface area (Å²) in [7, 11) is 0. The van der Waals surface area contributed by atoms with Crippen LogP contribution in [0.25, 0.3) is 5.65 Å². The summed E-state index contributed by atoms with van der Waals surface area (Å²) in [5.74, 6) is 0.408. The maximum atomic E-state index is 12.8. The van der Waals surface area contributed by atoms with E-state index in [4.69, 9.17) is 5.73 Å². The second kappa shape index (κ2) is 4.18. The van der Waals surface area contributed by atoms with Crippen molar-refractivity contribution >= 4 is 5.65 Å². The average molecular weight is 286 g/mol. The minimum atomic E-state index is -4.40. The van der Waals surface area contributed by atoms with Crippen LogP contribution in [0.2, 0.25) is 0 Å². The maximum Gasteiger partial charge on any atom is 0.417 e. The van der Waals surface area contributed by atoms with Gasteiger partial charge >= 0.3 is 6.18 Å². The van der Waals surface area contributed by atoms with Gasteiger partial charge in [0.2, 0.25) is 0 Å². The van der Waals surface area contributed by atoms with Crippen LogP contribution in [-0.2, 0) is 11.6 Å². The van der Waals surface area contributed by atoms with Crippen LogP contribution in [0, 0.1) is 0 Å². The van der Waals surface area contributed by atoms with E-state index in [0.717, 1.165) is 12.3 Å². The predicted octanol–water partition coefficient (Wildman–Crippen LogP) is 2.76. The van der Waals surface area contributed by atoms with Gasteiger partial charge in [0, 0.05) is 17.2 Å². The van der Waals surface area contributed by atoms with Crippen LogP contribution in [0.5, 0.6) is 0 Å². The first kappa shape index (κ1) is 14.8. The third-order valence-electron chi connectivity index (χ3n) is 3.90. The molecule has 0 aromatic carbocycles. The van der Waals surface area contributed by atoms with Crippen LogP contribution in [0.3, 0.4) is 0 Å². The summed E-state index contributed by atoms with van der Waals surface area (Å²) in [4.78, 5) is 0. The standard InChI is InChI=1S/C13H17F3N4/c1-11(2,12(3,4)17)10-19-18-9-6-5-8(7-20(9)10)13(14,15)16/h5-7H,17H2,1-4H3. The molecule has 0 saturated heterocycles. The van der Waals surface area contributed by atoms with E-state index in [1.165, 1.54) is 10.5 Å². The molecule has 7 heteroatoms. The van der Waals surface area contributed by atoms with Crippen LogP contribution >= 0.6 is 0 Å². The summed E-state index contributed by atoms with van der Waals surface area (Å²) in [6, 6.07) is 2.30. The Labute approximate surface area is 114 Å². The Morgan fingerprint density at radius 3 is 2.15 bits per heavy atom. The smallest absolute Gasteiger partial charge is 0.325 e. The number of halogens is 3. The Kier molecular flexibility index (Phi) is 3.09. The van der Waals surface area contributed by atoms with Crippen molar-refractivity contribution in [2.24, 2.45) is 5.73 Å². The molecule has 0 amide bonds. The molecule has 110 valence electrons. The molecule has 2 aromatic heterocycles. The lowest BCUT2D eigenvalue weighted by Gasteiger charge is -2.36. The molecule has 0 aliphatic heterocycles. The molecule has 4 nitrogen and oxygen atoms in total. The molecule has 0 saturated carbocycles. The monoisotopic (exact) mass is 286 g/mol. The molecular formula is C13H17F3N4. The zero-order valence-electron chi connectivity index (χ0n) is 11.8. The molecule has 20 heavy (non-hydrogen) atoms. The molecule has 2 heterocycles. The number of fused-ring (bicyclic) bond motifs is 1. The van der Waals surface area contributed by atoms with Crippen molar-refractivity contribution in [2.45, 2.75) is 44.8 Å². The molecule has 0 aliphatic carbocycles. The Morgan fingerprint density at radius 2 is 1.65 bits per heavy atom. The van der Waals surface area contributed by atoms with Crippen LogP contribution in [0.4, 0.5) is 13.2 Å². The summed E-state index contributed by atoms with van der Waals surface area (Å²) in [6.45, 7) is 7.29. The van der Waals surface area contributed by atoms with E-state index >= 15 is 0 Å². The van der Waals surface area contributed by atoms with E-state index < -0.39 is 22.7 Å². The minimum absolute atomic E-state index is 0.366. The molecular weight excluding hydrogens is 269 g/mol. The van der Waals surface area contributed by atoms with Crippen LogP contribution in [-0.4, -0.2) is 20.1 Å². The quantitative estimate of drug-likeness (QED) is 0.923. The van der Waals surface area contributed by atoms with Gasteiger partial charge in [-0.25, -0.2) is 0 Å². The molecule has 0 spiro atoms. The van der Waals surface area contributed by atoms with E-state index in [2.05, 4.69) is 10.2 Å². The second-order valence-electron chi connectivity index (χ2n) is 6.01. The Bertz CT molecular complexity index is 635. The summed E-state index contributed by atoms with van der Waals surface area (Å²) in [5.41, 5.74) is 4.44. The molecule has 0 fully saturated rings. The van der Waals surface area contributed by atoms with Crippen molar-refractivity contribution in [3.8, 4) is 0 Å². The van der Waals surface area contributed by atoms with Gasteiger partial charge in [-0.05, 0) is 26.0 Å². The van der Waals surface area contributed by atoms with E-state index in [-0.39, 0.29) is 0 Å². The number of nitrogens with zero attached hydrogens (tertiary/aromatic N) is 3. The normalized spacial score (nSPS) is 14.0. The van der Waals surface area contributed by atoms with Crippen molar-refractivity contribution in [1.29, 1.82) is 0 Å². The number of hydrogen-bond donors (Lipinski definition) is 1. The van der Waals surface area contributed by atoms with Crippen LogP contribution < -0.4 is 5.73 Å². The highest BCUT2D eigenvalue weighted by atomic mass is 19.4. The number of nitrogens with two attached hydrogens (primary N) is 1. The van der Waals surface area contributed by atoms with Gasteiger partial charge in [0.25, 0.3) is 0 Å². The van der Waals surface area contributed by atoms with Gasteiger partial charge in [-0.1, -0.05) is 13.8 Å². The van der Waals surface area contributed by atoms with Crippen molar-refractivity contribution in [2.75, 3.05) is 0 Å². The zero-order chi connectivity index (χ0) is 15.3. The van der Waals surface area contributed by atoms with Crippen LogP contribution in [0.1, 0.15) is 39.1 Å². The average Bonchev–Trinajstić information content (AvgIpc) is 2.68. The van der Waals surface area contributed by atoms with E-state index in [9.17, 15) is 13.2 Å². The number of alkyl halides is 3. The van der Waals surface area contributed by atoms with Crippen molar-refractivity contribution < 1.29 is 13.2 Å². The number of rotatable bonds is 2. The van der Waals surface area contributed by atoms with Crippen molar-refractivity contribution in [3.63, 3.8) is 0 Å². The third kappa shape index (κ3) is 2.26. The second-order valence-corrected chi connectivity index (χ2v) is 6.01. The molecule has 0 bridgehead atoms. The van der Waals surface area contributed by atoms with Crippen molar-refractivity contribution in [3.05, 3.63) is 29.7 Å². The largest absolute Gasteiger partial charge is 0.417 e. The van der Waals surface area contributed by atoms with E-state index in [0.29, 0.717) is 11.5 Å². The fourth-order valence-corrected chi connectivity index (χ4v) is 1.77. The number of aromatic nitrogens is 3. The summed E-state index contributed by atoms with van der Waals surface area (Å²) < 4.78 is 39.8. The molecule has 0 aliphatic rings. The topological polar surface area (TPSA) is 56.2 Å². The highest BCUT2D eigenvalue weighted by molar-refractivity contribution is 5.41. The molecule has 0 radical (unpaired) electrons. The van der Waals surface area contributed by atoms with Gasteiger partial charge in [0.05, 0.1) is 5.56 Å². The summed E-state index contributed by atoms with van der Waals surface area (Å²) in [5, 5.41) is 7.93. The Balaban J connectivity index is 2.67. The lowest BCUT2D eigenvalue weighted by atomic mass is 9.74. The summed E-state index contributed by atoms with van der Waals surface area (Å²) >= 11 is 0. The first-order valence-corrected chi connectivity index (χ1v) is 6.16. The molecule has 2 aromatic rings. The van der Waals surface area contributed by atoms with E-state index in [1.807, 2.05) is 27.7 Å². The van der Waals surface area contributed by atoms with Gasteiger partial charge in [-0.15, -0.1) is 10.2 Å². The zero-order valence-corrected chi connectivity index (χ0v) is 11.8. The number of pyridine rings is 1. The molecule has 2 rings (SSSR count). The molecule has 0 unspecified atom stereocenters. The summed E-state index contributed by atoms with van der Waals surface area (Å²) in [6.07, 6.45) is -3.39. The van der Waals surface area contributed by atoms with Gasteiger partial charge in [-0.3, -0.25) is 4.40 Å². The molecule has 0 atom stereocenters. The molecule has 2 N–H and O–H groups in total. The lowest BCUT2D eigenvalue weighted by molar-refractivity contribution is -0.137. The number of hydrogen-bond acceptors (Lipinski definition) is 3. The van der Waals surface area contributed by atoms with Gasteiger partial charge in [-0.2, -0.15) is 13.2 Å². The van der Waals surface area contributed by atoms with Gasteiger partial charge < -0.3 is 5.73 Å². The van der Waals surface area contributed by atoms with Crippen molar-refractivity contribution in [1.82, 2.24) is 14.6 Å². The van der Waals surface area contributed by atoms with Gasteiger partial charge in [0.15, 0.2) is 5.65 Å². The lowest BCUT2D eigenvalue weighted by Crippen LogP contribution is -2.51. The minimum Gasteiger partial charge on any atom is -0.325 e. The third-order valence-corrected chi connectivity index (χ3v) is 3.90. The first-order valence-electron chi connectivity index (χ1n) is 6.16. The highest BCUT2D eigenvalue weighted by Gasteiger charge is 2.40. The predicted molar refractivity (Wildman–Crippen MR) is 69.3 cm³/mol. The fraction of sp³-hybridized carbons (Fsp3) is 0.538. The SMILES string of the molecule is CC(C)(N)C(C)(C)c1nnc2ccc(C(F)(F)F)cn12. The Morgan fingerprint density at radius 1 is 1.05 bits per heavy atom. The Hall–Kier alpha value is -1.63. The highest BCUT2D eigenvalue weighted by Crippen LogP contribution is 2.34. The van der Waals surface area contributed by atoms with Gasteiger partial charge in [0.1, 0.15) is 5.82 Å². The maximum absolute atomic E-state index is 12.8. The fourth-order valence-electron chi connectivity index (χ4n) is 1.77.